The molecule has 1 saturated heterocycles. The molecule has 0 spiro atoms. The van der Waals surface area contributed by atoms with Gasteiger partial charge in [0.1, 0.15) is 11.3 Å². The molecule has 1 fully saturated rings. The first kappa shape index (κ1) is 22.6. The van der Waals surface area contributed by atoms with Crippen molar-refractivity contribution in [3.63, 3.8) is 0 Å². The van der Waals surface area contributed by atoms with Crippen LogP contribution < -0.4 is 10.1 Å². The second kappa shape index (κ2) is 9.95. The van der Waals surface area contributed by atoms with Gasteiger partial charge >= 0.3 is 0 Å². The lowest BCUT2D eigenvalue weighted by Crippen LogP contribution is -2.25. The number of pyridine rings is 1. The van der Waals surface area contributed by atoms with Crippen LogP contribution in [-0.4, -0.2) is 27.2 Å². The Labute approximate surface area is 206 Å². The molecule has 3 aromatic carbocycles. The molecule has 1 aliphatic heterocycles. The summed E-state index contributed by atoms with van der Waals surface area (Å²) in [6, 6.07) is 24.1. The van der Waals surface area contributed by atoms with Gasteiger partial charge in [-0.1, -0.05) is 72.4 Å². The fourth-order valence-electron chi connectivity index (χ4n) is 3.79. The van der Waals surface area contributed by atoms with Crippen LogP contribution in [-0.2, 0) is 11.2 Å². The lowest BCUT2D eigenvalue weighted by atomic mass is 10.1. The predicted molar refractivity (Wildman–Crippen MR) is 137 cm³/mol. The Balaban J connectivity index is 1.41. The molecule has 172 valence electrons. The number of rotatable bonds is 7. The van der Waals surface area contributed by atoms with E-state index in [2.05, 4.69) is 10.3 Å². The van der Waals surface area contributed by atoms with Crippen molar-refractivity contribution >= 4 is 45.7 Å². The topological polar surface area (TPSA) is 85.4 Å². The number of benzene rings is 3. The van der Waals surface area contributed by atoms with Crippen LogP contribution in [0.25, 0.3) is 17.0 Å². The van der Waals surface area contributed by atoms with Gasteiger partial charge in [-0.15, -0.1) is 0 Å². The van der Waals surface area contributed by atoms with Crippen LogP contribution in [0.1, 0.15) is 21.5 Å². The van der Waals surface area contributed by atoms with Gasteiger partial charge in [0.15, 0.2) is 11.5 Å². The molecule has 0 saturated carbocycles. The summed E-state index contributed by atoms with van der Waals surface area (Å²) in [5, 5.41) is 2.49. The SMILES string of the molecule is O=C1NC(=O)C(Cc2ccc(Oc3c(/C=C/C(=O)c4ccccc4)ccc4cccnc34)cc2)S1. The van der Waals surface area contributed by atoms with Crippen LogP contribution in [0.2, 0.25) is 0 Å². The molecule has 1 aliphatic rings. The summed E-state index contributed by atoms with van der Waals surface area (Å²) in [5.74, 6) is 0.776. The summed E-state index contributed by atoms with van der Waals surface area (Å²) in [6.45, 7) is 0. The third-order valence-electron chi connectivity index (χ3n) is 5.56. The molecular weight excluding hydrogens is 460 g/mol. The Bertz CT molecular complexity index is 1450. The van der Waals surface area contributed by atoms with Crippen molar-refractivity contribution in [1.82, 2.24) is 10.3 Å². The molecule has 1 N–H and O–H groups in total. The summed E-state index contributed by atoms with van der Waals surface area (Å²) >= 11 is 1.01. The molecule has 7 heteroatoms. The quantitative estimate of drug-likeness (QED) is 0.265. The summed E-state index contributed by atoms with van der Waals surface area (Å²) in [6.07, 6.45) is 5.42. The van der Waals surface area contributed by atoms with Crippen LogP contribution in [0.15, 0.2) is 91.1 Å². The summed E-state index contributed by atoms with van der Waals surface area (Å²) < 4.78 is 6.26. The van der Waals surface area contributed by atoms with Crippen LogP contribution in [0.5, 0.6) is 11.5 Å². The molecule has 2 amide bonds. The third-order valence-corrected chi connectivity index (χ3v) is 6.54. The molecule has 0 aliphatic carbocycles. The monoisotopic (exact) mass is 480 g/mol. The average Bonchev–Trinajstić information content (AvgIpc) is 3.21. The Morgan fingerprint density at radius 2 is 1.77 bits per heavy atom. The molecular formula is C28H20N2O4S. The molecule has 1 atom stereocenters. The van der Waals surface area contributed by atoms with Crippen molar-refractivity contribution in [1.29, 1.82) is 0 Å². The molecule has 1 unspecified atom stereocenters. The Morgan fingerprint density at radius 1 is 0.971 bits per heavy atom. The Kier molecular flexibility index (Phi) is 6.41. The fourth-order valence-corrected chi connectivity index (χ4v) is 4.65. The molecule has 2 heterocycles. The third kappa shape index (κ3) is 5.15. The number of ketones is 1. The molecule has 6 nitrogen and oxygen atoms in total. The first-order valence-corrected chi connectivity index (χ1v) is 11.9. The number of amides is 2. The van der Waals surface area contributed by atoms with E-state index in [9.17, 15) is 14.4 Å². The zero-order valence-electron chi connectivity index (χ0n) is 18.5. The second-order valence-electron chi connectivity index (χ2n) is 7.96. The maximum absolute atomic E-state index is 12.6. The van der Waals surface area contributed by atoms with Crippen molar-refractivity contribution in [3.05, 3.63) is 108 Å². The van der Waals surface area contributed by atoms with Gasteiger partial charge in [-0.25, -0.2) is 0 Å². The van der Waals surface area contributed by atoms with Gasteiger partial charge < -0.3 is 4.74 Å². The minimum absolute atomic E-state index is 0.102. The molecule has 4 aromatic rings. The standard InChI is InChI=1S/C28H20N2O4S/c31-23(19-5-2-1-3-6-19)15-12-21-11-10-20-7-4-16-29-25(20)26(21)34-22-13-8-18(9-14-22)17-24-27(32)30-28(33)35-24/h1-16,24H,17H2,(H,30,32,33)/b15-12+. The van der Waals surface area contributed by atoms with Gasteiger partial charge in [0, 0.05) is 22.7 Å². The number of fused-ring (bicyclic) bond motifs is 1. The number of hydrogen-bond donors (Lipinski definition) is 1. The summed E-state index contributed by atoms with van der Waals surface area (Å²) in [7, 11) is 0. The molecule has 0 bridgehead atoms. The van der Waals surface area contributed by atoms with Gasteiger partial charge in [-0.05, 0) is 42.3 Å². The van der Waals surface area contributed by atoms with E-state index in [1.807, 2.05) is 66.7 Å². The Hall–Kier alpha value is -4.23. The van der Waals surface area contributed by atoms with Crippen LogP contribution in [0.3, 0.4) is 0 Å². The predicted octanol–water partition coefficient (Wildman–Crippen LogP) is 5.82. The molecule has 5 rings (SSSR count). The van der Waals surface area contributed by atoms with E-state index in [1.165, 1.54) is 6.08 Å². The van der Waals surface area contributed by atoms with Gasteiger partial charge in [-0.3, -0.25) is 24.7 Å². The highest BCUT2D eigenvalue weighted by Crippen LogP contribution is 2.34. The second-order valence-corrected chi connectivity index (χ2v) is 9.13. The highest BCUT2D eigenvalue weighted by Gasteiger charge is 2.31. The van der Waals surface area contributed by atoms with Crippen LogP contribution in [0, 0.1) is 0 Å². The molecule has 0 radical (unpaired) electrons. The van der Waals surface area contributed by atoms with Crippen LogP contribution >= 0.6 is 11.8 Å². The number of nitrogens with zero attached hydrogens (tertiary/aromatic N) is 1. The minimum atomic E-state index is -0.421. The van der Waals surface area contributed by atoms with Gasteiger partial charge in [0.25, 0.3) is 5.24 Å². The highest BCUT2D eigenvalue weighted by atomic mass is 32.2. The zero-order valence-corrected chi connectivity index (χ0v) is 19.3. The maximum Gasteiger partial charge on any atom is 0.286 e. The zero-order chi connectivity index (χ0) is 24.2. The number of nitrogens with one attached hydrogen (secondary N) is 1. The first-order chi connectivity index (χ1) is 17.1. The number of carbonyl (C=O) groups excluding carboxylic acids is 3. The number of aromatic nitrogens is 1. The van der Waals surface area contributed by atoms with Gasteiger partial charge in [0.2, 0.25) is 5.91 Å². The Morgan fingerprint density at radius 3 is 2.51 bits per heavy atom. The number of ether oxygens (including phenoxy) is 1. The van der Waals surface area contributed by atoms with E-state index in [1.54, 1.807) is 24.4 Å². The van der Waals surface area contributed by atoms with E-state index >= 15 is 0 Å². The smallest absolute Gasteiger partial charge is 0.286 e. The summed E-state index contributed by atoms with van der Waals surface area (Å²) in [4.78, 5) is 40.3. The van der Waals surface area contributed by atoms with Crippen molar-refractivity contribution in [2.45, 2.75) is 11.7 Å². The van der Waals surface area contributed by atoms with Gasteiger partial charge in [0.05, 0.1) is 5.25 Å². The fraction of sp³-hybridized carbons (Fsp3) is 0.0714. The number of carbonyl (C=O) groups is 3. The number of allylic oxidation sites excluding steroid dienone is 1. The van der Waals surface area contributed by atoms with Crippen molar-refractivity contribution in [2.75, 3.05) is 0 Å². The normalized spacial score (nSPS) is 15.5. The minimum Gasteiger partial charge on any atom is -0.454 e. The molecule has 35 heavy (non-hydrogen) atoms. The van der Waals surface area contributed by atoms with E-state index in [-0.39, 0.29) is 16.9 Å². The van der Waals surface area contributed by atoms with E-state index < -0.39 is 5.25 Å². The number of imide groups is 1. The summed E-state index contributed by atoms with van der Waals surface area (Å²) in [5.41, 5.74) is 2.94. The van der Waals surface area contributed by atoms with Crippen molar-refractivity contribution < 1.29 is 19.1 Å². The highest BCUT2D eigenvalue weighted by molar-refractivity contribution is 8.15. The molecule has 1 aromatic heterocycles. The number of thioether (sulfide) groups is 1. The van der Waals surface area contributed by atoms with Gasteiger partial charge in [-0.2, -0.15) is 0 Å². The average molecular weight is 481 g/mol. The number of hydrogen-bond acceptors (Lipinski definition) is 6. The largest absolute Gasteiger partial charge is 0.454 e. The van der Waals surface area contributed by atoms with Crippen molar-refractivity contribution in [3.8, 4) is 11.5 Å². The first-order valence-electron chi connectivity index (χ1n) is 11.0. The van der Waals surface area contributed by atoms with Crippen LogP contribution in [0.4, 0.5) is 4.79 Å². The maximum atomic E-state index is 12.6. The van der Waals surface area contributed by atoms with E-state index in [0.717, 1.165) is 28.3 Å². The van der Waals surface area contributed by atoms with E-state index in [4.69, 9.17) is 4.74 Å². The lowest BCUT2D eigenvalue weighted by Gasteiger charge is -2.12. The van der Waals surface area contributed by atoms with Crippen molar-refractivity contribution in [2.24, 2.45) is 0 Å². The lowest BCUT2D eigenvalue weighted by molar-refractivity contribution is -0.118. The van der Waals surface area contributed by atoms with E-state index in [0.29, 0.717) is 29.0 Å².